The quantitative estimate of drug-likeness (QED) is 0.670. The highest BCUT2D eigenvalue weighted by atomic mass is 16.6. The number of para-hydroxylation sites is 1. The molecule has 21 heavy (non-hydrogen) atoms. The van der Waals surface area contributed by atoms with Crippen LogP contribution in [0.2, 0.25) is 0 Å². The van der Waals surface area contributed by atoms with Crippen LogP contribution >= 0.6 is 0 Å². The molecular formula is C15H13N3O3. The van der Waals surface area contributed by atoms with Crippen molar-refractivity contribution in [1.29, 1.82) is 5.26 Å². The van der Waals surface area contributed by atoms with Crippen LogP contribution in [0.25, 0.3) is 0 Å². The average molecular weight is 283 g/mol. The zero-order chi connectivity index (χ0) is 15.2. The standard InChI is InChI=1S/C15H13N3O3/c1-11-7-8-14(19)13(9-11)18(15(20)17-21-10-16)12-5-3-2-4-6-12/h2-9,19H,1H3,(H,17,20). The number of anilines is 2. The van der Waals surface area contributed by atoms with Gasteiger partial charge in [0.25, 0.3) is 0 Å². The SMILES string of the molecule is Cc1ccc(O)c(N(C(=O)NOC#N)c2ccccc2)c1. The first-order chi connectivity index (χ1) is 10.1. The lowest BCUT2D eigenvalue weighted by Gasteiger charge is -2.23. The Hall–Kier alpha value is -3.20. The van der Waals surface area contributed by atoms with Crippen LogP contribution in [0.1, 0.15) is 5.56 Å². The molecule has 0 unspecified atom stereocenters. The third-order valence-corrected chi connectivity index (χ3v) is 2.77. The number of phenolic OH excluding ortho intramolecular Hbond substituents is 1. The van der Waals surface area contributed by atoms with E-state index in [0.29, 0.717) is 11.4 Å². The summed E-state index contributed by atoms with van der Waals surface area (Å²) >= 11 is 0. The van der Waals surface area contributed by atoms with Crippen LogP contribution < -0.4 is 10.4 Å². The van der Waals surface area contributed by atoms with Crippen molar-refractivity contribution in [2.45, 2.75) is 6.92 Å². The summed E-state index contributed by atoms with van der Waals surface area (Å²) in [6, 6.07) is 12.9. The number of hydrogen-bond acceptors (Lipinski definition) is 4. The van der Waals surface area contributed by atoms with Crippen molar-refractivity contribution >= 4 is 17.4 Å². The van der Waals surface area contributed by atoms with Gasteiger partial charge in [-0.3, -0.25) is 9.74 Å². The summed E-state index contributed by atoms with van der Waals surface area (Å²) in [5.74, 6) is -0.0587. The second kappa shape index (κ2) is 6.30. The summed E-state index contributed by atoms with van der Waals surface area (Å²) in [5.41, 5.74) is 3.68. The van der Waals surface area contributed by atoms with Gasteiger partial charge in [-0.25, -0.2) is 4.79 Å². The summed E-state index contributed by atoms with van der Waals surface area (Å²) in [7, 11) is 0. The molecule has 0 aliphatic rings. The van der Waals surface area contributed by atoms with Gasteiger partial charge in [0.2, 0.25) is 0 Å². The van der Waals surface area contributed by atoms with Gasteiger partial charge >= 0.3 is 12.3 Å². The maximum absolute atomic E-state index is 12.2. The number of nitrogens with zero attached hydrogens (tertiary/aromatic N) is 2. The normalized spacial score (nSPS) is 9.52. The number of phenols is 1. The Morgan fingerprint density at radius 2 is 2.00 bits per heavy atom. The number of aryl methyl sites for hydroxylation is 1. The average Bonchev–Trinajstić information content (AvgIpc) is 2.50. The maximum Gasteiger partial charge on any atom is 0.360 e. The first-order valence-corrected chi connectivity index (χ1v) is 6.13. The molecule has 2 N–H and O–H groups in total. The van der Waals surface area contributed by atoms with Gasteiger partial charge in [-0.05, 0) is 36.8 Å². The largest absolute Gasteiger partial charge is 0.506 e. The summed E-state index contributed by atoms with van der Waals surface area (Å²) in [4.78, 5) is 17.7. The molecule has 0 heterocycles. The summed E-state index contributed by atoms with van der Waals surface area (Å²) in [6.07, 6.45) is 1.36. The minimum atomic E-state index is -0.691. The number of rotatable bonds is 3. The monoisotopic (exact) mass is 283 g/mol. The van der Waals surface area contributed by atoms with Crippen molar-refractivity contribution in [2.75, 3.05) is 4.90 Å². The number of nitrogens with one attached hydrogen (secondary N) is 1. The minimum absolute atomic E-state index is 0.0587. The van der Waals surface area contributed by atoms with E-state index in [9.17, 15) is 9.90 Å². The molecule has 6 nitrogen and oxygen atoms in total. The number of carbonyl (C=O) groups is 1. The molecule has 0 radical (unpaired) electrons. The molecule has 0 atom stereocenters. The lowest BCUT2D eigenvalue weighted by molar-refractivity contribution is 0.159. The highest BCUT2D eigenvalue weighted by molar-refractivity contribution is 6.00. The highest BCUT2D eigenvalue weighted by Crippen LogP contribution is 2.33. The second-order valence-corrected chi connectivity index (χ2v) is 4.26. The van der Waals surface area contributed by atoms with Gasteiger partial charge in [0.05, 0.1) is 11.4 Å². The van der Waals surface area contributed by atoms with Gasteiger partial charge in [0.15, 0.2) is 0 Å². The molecular weight excluding hydrogens is 270 g/mol. The van der Waals surface area contributed by atoms with Crippen LogP contribution in [0.15, 0.2) is 48.5 Å². The first-order valence-electron chi connectivity index (χ1n) is 6.13. The van der Waals surface area contributed by atoms with Crippen LogP contribution in [0.5, 0.6) is 5.75 Å². The van der Waals surface area contributed by atoms with Gasteiger partial charge < -0.3 is 5.11 Å². The molecule has 6 heteroatoms. The third-order valence-electron chi connectivity index (χ3n) is 2.77. The molecule has 0 aromatic heterocycles. The third kappa shape index (κ3) is 3.22. The zero-order valence-electron chi connectivity index (χ0n) is 11.3. The van der Waals surface area contributed by atoms with Crippen molar-refractivity contribution in [3.05, 3.63) is 54.1 Å². The summed E-state index contributed by atoms with van der Waals surface area (Å²) in [6.45, 7) is 1.84. The van der Waals surface area contributed by atoms with E-state index in [4.69, 9.17) is 5.26 Å². The van der Waals surface area contributed by atoms with E-state index in [1.165, 1.54) is 17.2 Å². The van der Waals surface area contributed by atoms with Crippen LogP contribution in [0, 0.1) is 18.4 Å². The molecule has 0 aliphatic carbocycles. The Morgan fingerprint density at radius 3 is 2.67 bits per heavy atom. The van der Waals surface area contributed by atoms with Crippen LogP contribution in [0.4, 0.5) is 16.2 Å². The van der Waals surface area contributed by atoms with E-state index in [1.54, 1.807) is 36.4 Å². The number of amides is 2. The van der Waals surface area contributed by atoms with Gasteiger partial charge in [-0.15, -0.1) is 5.26 Å². The van der Waals surface area contributed by atoms with E-state index in [1.807, 2.05) is 18.5 Å². The number of carbonyl (C=O) groups excluding carboxylic acids is 1. The van der Waals surface area contributed by atoms with Gasteiger partial charge in [0, 0.05) is 0 Å². The Labute approximate surface area is 121 Å². The predicted molar refractivity (Wildman–Crippen MR) is 76.7 cm³/mol. The highest BCUT2D eigenvalue weighted by Gasteiger charge is 2.21. The molecule has 0 bridgehead atoms. The molecule has 0 spiro atoms. The minimum Gasteiger partial charge on any atom is -0.506 e. The smallest absolute Gasteiger partial charge is 0.360 e. The topological polar surface area (TPSA) is 85.6 Å². The van der Waals surface area contributed by atoms with Crippen molar-refractivity contribution < 1.29 is 14.7 Å². The van der Waals surface area contributed by atoms with Gasteiger partial charge in [-0.2, -0.15) is 5.48 Å². The Bertz CT molecular complexity index is 680. The summed E-state index contributed by atoms with van der Waals surface area (Å²) < 4.78 is 0. The van der Waals surface area contributed by atoms with Crippen molar-refractivity contribution in [2.24, 2.45) is 0 Å². The van der Waals surface area contributed by atoms with E-state index in [0.717, 1.165) is 5.56 Å². The van der Waals surface area contributed by atoms with Crippen LogP contribution in [-0.2, 0) is 4.84 Å². The Morgan fingerprint density at radius 1 is 1.29 bits per heavy atom. The molecule has 106 valence electrons. The molecule has 2 amide bonds. The summed E-state index contributed by atoms with van der Waals surface area (Å²) in [5, 5.41) is 18.4. The second-order valence-electron chi connectivity index (χ2n) is 4.26. The van der Waals surface area contributed by atoms with Crippen LogP contribution in [0.3, 0.4) is 0 Å². The molecule has 2 aromatic rings. The molecule has 0 fully saturated rings. The number of aromatic hydroxyl groups is 1. The van der Waals surface area contributed by atoms with E-state index in [2.05, 4.69) is 4.84 Å². The fourth-order valence-corrected chi connectivity index (χ4v) is 1.87. The van der Waals surface area contributed by atoms with Gasteiger partial charge in [0.1, 0.15) is 5.75 Å². The van der Waals surface area contributed by atoms with Crippen LogP contribution in [-0.4, -0.2) is 11.1 Å². The van der Waals surface area contributed by atoms with Crippen molar-refractivity contribution in [3.63, 3.8) is 0 Å². The Balaban J connectivity index is 2.48. The lowest BCUT2D eigenvalue weighted by Crippen LogP contribution is -2.36. The fraction of sp³-hybridized carbons (Fsp3) is 0.0667. The molecule has 0 saturated heterocycles. The maximum atomic E-state index is 12.2. The van der Waals surface area contributed by atoms with Crippen molar-refractivity contribution in [1.82, 2.24) is 5.48 Å². The van der Waals surface area contributed by atoms with Crippen molar-refractivity contribution in [3.8, 4) is 12.0 Å². The fourth-order valence-electron chi connectivity index (χ4n) is 1.87. The number of urea groups is 1. The predicted octanol–water partition coefficient (Wildman–Crippen LogP) is 2.96. The molecule has 2 rings (SSSR count). The number of benzene rings is 2. The Kier molecular flexibility index (Phi) is 4.26. The van der Waals surface area contributed by atoms with E-state index >= 15 is 0 Å². The first kappa shape index (κ1) is 14.2. The number of nitriles is 1. The lowest BCUT2D eigenvalue weighted by atomic mass is 10.1. The molecule has 0 saturated carbocycles. The molecule has 2 aromatic carbocycles. The van der Waals surface area contributed by atoms with E-state index in [-0.39, 0.29) is 5.75 Å². The zero-order valence-corrected chi connectivity index (χ0v) is 11.3. The molecule has 0 aliphatic heterocycles. The number of hydroxylamine groups is 1. The number of hydrogen-bond donors (Lipinski definition) is 2. The van der Waals surface area contributed by atoms with Gasteiger partial charge in [-0.1, -0.05) is 24.3 Å². The van der Waals surface area contributed by atoms with E-state index < -0.39 is 6.03 Å².